The summed E-state index contributed by atoms with van der Waals surface area (Å²) in [5, 5.41) is 9.54. The third-order valence-corrected chi connectivity index (χ3v) is 4.16. The van der Waals surface area contributed by atoms with Crippen LogP contribution in [-0.4, -0.2) is 11.2 Å². The summed E-state index contributed by atoms with van der Waals surface area (Å²) in [7, 11) is 0. The molecule has 1 heteroatoms. The van der Waals surface area contributed by atoms with Crippen molar-refractivity contribution in [2.45, 2.75) is 31.8 Å². The molecule has 5 atom stereocenters. The summed E-state index contributed by atoms with van der Waals surface area (Å²) >= 11 is 0. The Hall–Kier alpha value is -0.0400. The molecular formula is C9H14O. The summed E-state index contributed by atoms with van der Waals surface area (Å²) < 4.78 is 0. The molecule has 3 aliphatic carbocycles. The van der Waals surface area contributed by atoms with Crippen LogP contribution in [0.5, 0.6) is 0 Å². The summed E-state index contributed by atoms with van der Waals surface area (Å²) in [6, 6.07) is 0. The Kier molecular flexibility index (Phi) is 0.883. The summed E-state index contributed by atoms with van der Waals surface area (Å²) in [5.41, 5.74) is 0. The Morgan fingerprint density at radius 3 is 2.40 bits per heavy atom. The monoisotopic (exact) mass is 138 g/mol. The van der Waals surface area contributed by atoms with Crippen molar-refractivity contribution in [2.24, 2.45) is 23.7 Å². The van der Waals surface area contributed by atoms with Crippen molar-refractivity contribution in [2.75, 3.05) is 0 Å². The van der Waals surface area contributed by atoms with Gasteiger partial charge in [-0.1, -0.05) is 0 Å². The zero-order valence-corrected chi connectivity index (χ0v) is 6.16. The van der Waals surface area contributed by atoms with E-state index in [4.69, 9.17) is 0 Å². The van der Waals surface area contributed by atoms with Gasteiger partial charge in [0.05, 0.1) is 6.10 Å². The van der Waals surface area contributed by atoms with E-state index in [1.54, 1.807) is 0 Å². The van der Waals surface area contributed by atoms with Crippen molar-refractivity contribution in [3.05, 3.63) is 0 Å². The fourth-order valence-corrected chi connectivity index (χ4v) is 3.80. The van der Waals surface area contributed by atoms with Gasteiger partial charge >= 0.3 is 0 Å². The highest BCUT2D eigenvalue weighted by atomic mass is 16.3. The van der Waals surface area contributed by atoms with Crippen molar-refractivity contribution in [3.63, 3.8) is 0 Å². The van der Waals surface area contributed by atoms with Crippen LogP contribution in [0.1, 0.15) is 25.7 Å². The van der Waals surface area contributed by atoms with E-state index >= 15 is 0 Å². The van der Waals surface area contributed by atoms with Gasteiger partial charge in [-0.2, -0.15) is 0 Å². The van der Waals surface area contributed by atoms with Gasteiger partial charge in [-0.3, -0.25) is 0 Å². The van der Waals surface area contributed by atoms with Gasteiger partial charge in [-0.25, -0.2) is 0 Å². The normalized spacial score (nSPS) is 63.9. The second-order valence-corrected chi connectivity index (χ2v) is 4.37. The first kappa shape index (κ1) is 5.59. The van der Waals surface area contributed by atoms with Crippen LogP contribution in [0.3, 0.4) is 0 Å². The molecule has 3 aliphatic rings. The maximum atomic E-state index is 9.54. The Balaban J connectivity index is 1.97. The van der Waals surface area contributed by atoms with Crippen molar-refractivity contribution in [3.8, 4) is 0 Å². The zero-order chi connectivity index (χ0) is 6.72. The second kappa shape index (κ2) is 1.58. The van der Waals surface area contributed by atoms with Gasteiger partial charge in [0.25, 0.3) is 0 Å². The lowest BCUT2D eigenvalue weighted by molar-refractivity contribution is 0.0802. The van der Waals surface area contributed by atoms with E-state index in [1.165, 1.54) is 19.3 Å². The summed E-state index contributed by atoms with van der Waals surface area (Å²) in [5.74, 6) is 3.64. The summed E-state index contributed by atoms with van der Waals surface area (Å²) in [6.45, 7) is 0. The molecule has 0 amide bonds. The van der Waals surface area contributed by atoms with Crippen LogP contribution in [-0.2, 0) is 0 Å². The van der Waals surface area contributed by atoms with Crippen LogP contribution in [0.15, 0.2) is 0 Å². The van der Waals surface area contributed by atoms with E-state index in [0.29, 0.717) is 0 Å². The molecular weight excluding hydrogens is 124 g/mol. The highest BCUT2D eigenvalue weighted by Gasteiger charge is 2.55. The molecule has 3 saturated carbocycles. The maximum absolute atomic E-state index is 9.54. The SMILES string of the molecule is O[C@@H]1C[C@H]2[C@@H]3CC[C@@H]2[C@H]1C3. The predicted molar refractivity (Wildman–Crippen MR) is 38.4 cm³/mol. The maximum Gasteiger partial charge on any atom is 0.0574 e. The molecule has 1 N–H and O–H groups in total. The van der Waals surface area contributed by atoms with E-state index in [-0.39, 0.29) is 6.10 Å². The Labute approximate surface area is 61.4 Å². The van der Waals surface area contributed by atoms with Gasteiger partial charge in [-0.05, 0) is 49.4 Å². The van der Waals surface area contributed by atoms with Crippen LogP contribution in [0.25, 0.3) is 0 Å². The van der Waals surface area contributed by atoms with Gasteiger partial charge in [-0.15, -0.1) is 0 Å². The van der Waals surface area contributed by atoms with Crippen LogP contribution < -0.4 is 0 Å². The molecule has 10 heavy (non-hydrogen) atoms. The van der Waals surface area contributed by atoms with Crippen LogP contribution in [0.2, 0.25) is 0 Å². The van der Waals surface area contributed by atoms with Crippen molar-refractivity contribution >= 4 is 0 Å². The Bertz CT molecular complexity index is 162. The van der Waals surface area contributed by atoms with Gasteiger partial charge in [0.15, 0.2) is 0 Å². The average Bonchev–Trinajstić information content (AvgIpc) is 2.53. The lowest BCUT2D eigenvalue weighted by Gasteiger charge is -2.25. The number of aliphatic hydroxyl groups is 1. The fraction of sp³-hybridized carbons (Fsp3) is 1.00. The number of rotatable bonds is 0. The van der Waals surface area contributed by atoms with E-state index in [9.17, 15) is 5.11 Å². The molecule has 0 spiro atoms. The van der Waals surface area contributed by atoms with Gasteiger partial charge in [0.2, 0.25) is 0 Å². The predicted octanol–water partition coefficient (Wildman–Crippen LogP) is 1.41. The molecule has 0 saturated heterocycles. The van der Waals surface area contributed by atoms with Crippen molar-refractivity contribution < 1.29 is 5.11 Å². The molecule has 0 unspecified atom stereocenters. The summed E-state index contributed by atoms with van der Waals surface area (Å²) in [4.78, 5) is 0. The van der Waals surface area contributed by atoms with E-state index in [0.717, 1.165) is 30.1 Å². The van der Waals surface area contributed by atoms with Gasteiger partial charge in [0.1, 0.15) is 0 Å². The molecule has 0 aromatic rings. The molecule has 0 aromatic heterocycles. The molecule has 0 heterocycles. The quantitative estimate of drug-likeness (QED) is 0.536. The first-order chi connectivity index (χ1) is 4.86. The third kappa shape index (κ3) is 0.460. The molecule has 0 radical (unpaired) electrons. The first-order valence-corrected chi connectivity index (χ1v) is 4.54. The fourth-order valence-electron chi connectivity index (χ4n) is 3.80. The van der Waals surface area contributed by atoms with Crippen molar-refractivity contribution in [1.82, 2.24) is 0 Å². The minimum atomic E-state index is 0.0894. The molecule has 0 aromatic carbocycles. The standard InChI is InChI=1S/C9H14O/c10-9-4-7-5-1-2-6(7)8(9)3-5/h5-10H,1-4H2/t5-,6+,7+,8-,9-/m1/s1. The molecule has 4 bridgehead atoms. The second-order valence-electron chi connectivity index (χ2n) is 4.37. The Morgan fingerprint density at radius 2 is 1.80 bits per heavy atom. The third-order valence-electron chi connectivity index (χ3n) is 4.16. The topological polar surface area (TPSA) is 20.2 Å². The minimum Gasteiger partial charge on any atom is -0.393 e. The van der Waals surface area contributed by atoms with Crippen molar-refractivity contribution in [1.29, 1.82) is 0 Å². The zero-order valence-electron chi connectivity index (χ0n) is 6.16. The number of hydrogen-bond donors (Lipinski definition) is 1. The highest BCUT2D eigenvalue weighted by molar-refractivity contribution is 5.05. The van der Waals surface area contributed by atoms with E-state index in [2.05, 4.69) is 0 Å². The molecule has 1 nitrogen and oxygen atoms in total. The summed E-state index contributed by atoms with van der Waals surface area (Å²) in [6.07, 6.45) is 5.48. The molecule has 56 valence electrons. The van der Waals surface area contributed by atoms with E-state index in [1.807, 2.05) is 0 Å². The minimum absolute atomic E-state index is 0.0894. The van der Waals surface area contributed by atoms with Crippen LogP contribution in [0.4, 0.5) is 0 Å². The number of aliphatic hydroxyl groups excluding tert-OH is 1. The molecule has 3 rings (SSSR count). The Morgan fingerprint density at radius 1 is 0.900 bits per heavy atom. The lowest BCUT2D eigenvalue weighted by atomic mass is 9.84. The average molecular weight is 138 g/mol. The lowest BCUT2D eigenvalue weighted by Crippen LogP contribution is -2.23. The van der Waals surface area contributed by atoms with E-state index < -0.39 is 0 Å². The largest absolute Gasteiger partial charge is 0.393 e. The smallest absolute Gasteiger partial charge is 0.0574 e. The van der Waals surface area contributed by atoms with Crippen LogP contribution in [0, 0.1) is 23.7 Å². The van der Waals surface area contributed by atoms with Gasteiger partial charge < -0.3 is 5.11 Å². The number of hydrogen-bond acceptors (Lipinski definition) is 1. The molecule has 3 fully saturated rings. The van der Waals surface area contributed by atoms with Gasteiger partial charge in [0, 0.05) is 0 Å². The first-order valence-electron chi connectivity index (χ1n) is 4.54. The highest BCUT2D eigenvalue weighted by Crippen LogP contribution is 2.60. The molecule has 0 aliphatic heterocycles. The van der Waals surface area contributed by atoms with Crippen LogP contribution >= 0.6 is 0 Å².